The third kappa shape index (κ3) is 17.5. The van der Waals surface area contributed by atoms with Crippen LogP contribution >= 0.6 is 0 Å². The first-order valence-corrected chi connectivity index (χ1v) is 16.2. The molecule has 41 heavy (non-hydrogen) atoms. The quantitative estimate of drug-likeness (QED) is 0.0781. The van der Waals surface area contributed by atoms with E-state index in [-0.39, 0.29) is 22.9 Å². The number of ether oxygens (including phenoxy) is 8. The van der Waals surface area contributed by atoms with Gasteiger partial charge in [-0.15, -0.1) is 0 Å². The molecule has 0 amide bonds. The molecule has 2 aliphatic rings. The van der Waals surface area contributed by atoms with Crippen LogP contribution in [0, 0.1) is 22.2 Å². The molecule has 2 heterocycles. The average molecular weight is 589 g/mol. The predicted octanol–water partition coefficient (Wildman–Crippen LogP) is 6.63. The molecule has 2 rings (SSSR count). The van der Waals surface area contributed by atoms with Gasteiger partial charge < -0.3 is 37.9 Å². The van der Waals surface area contributed by atoms with Gasteiger partial charge in [-0.25, -0.2) is 0 Å². The Kier molecular flexibility index (Phi) is 16.0. The van der Waals surface area contributed by atoms with Crippen molar-refractivity contribution in [1.82, 2.24) is 0 Å². The summed E-state index contributed by atoms with van der Waals surface area (Å²) in [6.07, 6.45) is 6.57. The van der Waals surface area contributed by atoms with Gasteiger partial charge in [-0.3, -0.25) is 0 Å². The van der Waals surface area contributed by atoms with Crippen molar-refractivity contribution in [2.24, 2.45) is 22.2 Å². The highest BCUT2D eigenvalue weighted by Crippen LogP contribution is 2.33. The largest absolute Gasteiger partial charge is 0.378 e. The Bertz CT molecular complexity index is 679. The second-order valence-electron chi connectivity index (χ2n) is 14.8. The third-order valence-corrected chi connectivity index (χ3v) is 7.60. The molecule has 0 aliphatic carbocycles. The molecule has 244 valence electrons. The normalized spacial score (nSPS) is 20.4. The van der Waals surface area contributed by atoms with E-state index in [0.717, 1.165) is 65.0 Å². The summed E-state index contributed by atoms with van der Waals surface area (Å²) in [5.41, 5.74) is 0.222. The topological polar surface area (TPSA) is 80.4 Å². The second-order valence-corrected chi connectivity index (χ2v) is 14.8. The van der Waals surface area contributed by atoms with Gasteiger partial charge in [0.15, 0.2) is 0 Å². The zero-order valence-electron chi connectivity index (χ0n) is 28.0. The Morgan fingerprint density at radius 3 is 1.51 bits per heavy atom. The molecule has 3 atom stereocenters. The van der Waals surface area contributed by atoms with Crippen molar-refractivity contribution in [3.8, 4) is 0 Å². The highest BCUT2D eigenvalue weighted by Gasteiger charge is 2.36. The second kappa shape index (κ2) is 17.8. The van der Waals surface area contributed by atoms with E-state index in [1.165, 1.54) is 0 Å². The molecular formula is C33H64O8. The van der Waals surface area contributed by atoms with Crippen LogP contribution in [-0.4, -0.2) is 90.9 Å². The monoisotopic (exact) mass is 588 g/mol. The summed E-state index contributed by atoms with van der Waals surface area (Å²) >= 11 is 0. The van der Waals surface area contributed by atoms with Gasteiger partial charge in [-0.05, 0) is 60.7 Å². The van der Waals surface area contributed by atoms with E-state index in [2.05, 4.69) is 62.3 Å². The molecule has 0 N–H and O–H groups in total. The van der Waals surface area contributed by atoms with Crippen molar-refractivity contribution in [3.05, 3.63) is 0 Å². The van der Waals surface area contributed by atoms with E-state index in [1.807, 2.05) is 0 Å². The molecule has 2 saturated heterocycles. The maximum absolute atomic E-state index is 6.44. The van der Waals surface area contributed by atoms with E-state index in [0.29, 0.717) is 57.8 Å². The summed E-state index contributed by atoms with van der Waals surface area (Å²) in [4.78, 5) is 0. The van der Waals surface area contributed by atoms with Crippen molar-refractivity contribution < 1.29 is 37.9 Å². The standard InChI is InChI=1S/C33H64O8/c1-10-16-39-33(40-17-11-2,41-18-27(3)12-13-30(4,5)23-34-19-28-21-37-28)26-36-25-32(8,9)15-14-31(6,7)24-35-20-29-22-38-29/h27-29H,10-26H2,1-9H3. The fourth-order valence-electron chi connectivity index (χ4n) is 4.36. The van der Waals surface area contributed by atoms with Crippen LogP contribution in [0.15, 0.2) is 0 Å². The Morgan fingerprint density at radius 1 is 0.634 bits per heavy atom. The molecule has 0 aromatic rings. The molecule has 0 spiro atoms. The van der Waals surface area contributed by atoms with Crippen LogP contribution in [0.5, 0.6) is 0 Å². The van der Waals surface area contributed by atoms with Crippen molar-refractivity contribution in [1.29, 1.82) is 0 Å². The van der Waals surface area contributed by atoms with Gasteiger partial charge in [0.05, 0.1) is 66.1 Å². The smallest absolute Gasteiger partial charge is 0.307 e. The molecule has 0 aromatic carbocycles. The molecule has 2 fully saturated rings. The van der Waals surface area contributed by atoms with Crippen molar-refractivity contribution in [3.63, 3.8) is 0 Å². The summed E-state index contributed by atoms with van der Waals surface area (Å²) in [5.74, 6) is -0.833. The Labute approximate surface area is 251 Å². The van der Waals surface area contributed by atoms with Crippen LogP contribution in [-0.2, 0) is 37.9 Å². The minimum absolute atomic E-state index is 0.00467. The average Bonchev–Trinajstić information content (AvgIpc) is 3.84. The number of hydrogen-bond acceptors (Lipinski definition) is 8. The molecular weight excluding hydrogens is 524 g/mol. The van der Waals surface area contributed by atoms with Crippen molar-refractivity contribution in [2.75, 3.05) is 72.7 Å². The SMILES string of the molecule is CCCOC(COCC(C)(C)CCC(C)(C)COCC1CO1)(OCCC)OCC(C)CCC(C)(C)COCC1CO1. The number of rotatable bonds is 27. The minimum Gasteiger partial charge on any atom is -0.378 e. The van der Waals surface area contributed by atoms with Gasteiger partial charge >= 0.3 is 5.97 Å². The van der Waals surface area contributed by atoms with Crippen LogP contribution in [0.3, 0.4) is 0 Å². The molecule has 0 bridgehead atoms. The van der Waals surface area contributed by atoms with Crippen LogP contribution < -0.4 is 0 Å². The zero-order chi connectivity index (χ0) is 30.4. The van der Waals surface area contributed by atoms with E-state index in [9.17, 15) is 0 Å². The van der Waals surface area contributed by atoms with Gasteiger partial charge in [0.1, 0.15) is 18.8 Å². The summed E-state index contributed by atoms with van der Waals surface area (Å²) < 4.78 is 47.5. The van der Waals surface area contributed by atoms with Crippen LogP contribution in [0.1, 0.15) is 101 Å². The van der Waals surface area contributed by atoms with E-state index < -0.39 is 5.97 Å². The summed E-state index contributed by atoms with van der Waals surface area (Å²) in [6.45, 7) is 27.1. The van der Waals surface area contributed by atoms with Crippen molar-refractivity contribution >= 4 is 0 Å². The van der Waals surface area contributed by atoms with Crippen LogP contribution in [0.2, 0.25) is 0 Å². The van der Waals surface area contributed by atoms with Gasteiger partial charge in [0.25, 0.3) is 0 Å². The van der Waals surface area contributed by atoms with Gasteiger partial charge in [0.2, 0.25) is 0 Å². The fraction of sp³-hybridized carbons (Fsp3) is 1.00. The molecule has 3 unspecified atom stereocenters. The fourth-order valence-corrected chi connectivity index (χ4v) is 4.36. The summed E-state index contributed by atoms with van der Waals surface area (Å²) in [7, 11) is 0. The summed E-state index contributed by atoms with van der Waals surface area (Å²) in [6, 6.07) is 0. The van der Waals surface area contributed by atoms with Gasteiger partial charge in [-0.1, -0.05) is 62.3 Å². The van der Waals surface area contributed by atoms with Crippen molar-refractivity contribution in [2.45, 2.75) is 119 Å². The lowest BCUT2D eigenvalue weighted by Crippen LogP contribution is -2.46. The highest BCUT2D eigenvalue weighted by molar-refractivity contribution is 4.77. The van der Waals surface area contributed by atoms with E-state index in [4.69, 9.17) is 37.9 Å². The molecule has 0 radical (unpaired) electrons. The molecule has 8 nitrogen and oxygen atoms in total. The first-order valence-electron chi connectivity index (χ1n) is 16.2. The van der Waals surface area contributed by atoms with E-state index in [1.54, 1.807) is 0 Å². The lowest BCUT2D eigenvalue weighted by atomic mass is 9.80. The molecule has 8 heteroatoms. The summed E-state index contributed by atoms with van der Waals surface area (Å²) in [5, 5.41) is 0. The first kappa shape index (κ1) is 36.9. The lowest BCUT2D eigenvalue weighted by molar-refractivity contribution is -0.398. The molecule has 0 aromatic heterocycles. The molecule has 0 saturated carbocycles. The number of hydrogen-bond donors (Lipinski definition) is 0. The van der Waals surface area contributed by atoms with Gasteiger partial charge in [-0.2, -0.15) is 0 Å². The zero-order valence-corrected chi connectivity index (χ0v) is 28.0. The van der Waals surface area contributed by atoms with Crippen LogP contribution in [0.4, 0.5) is 0 Å². The maximum atomic E-state index is 6.44. The lowest BCUT2D eigenvalue weighted by Gasteiger charge is -2.36. The Balaban J connectivity index is 1.82. The van der Waals surface area contributed by atoms with E-state index >= 15 is 0 Å². The maximum Gasteiger partial charge on any atom is 0.307 e. The first-order chi connectivity index (χ1) is 19.3. The number of epoxide rings is 2. The van der Waals surface area contributed by atoms with Gasteiger partial charge in [0, 0.05) is 0 Å². The Morgan fingerprint density at radius 2 is 1.07 bits per heavy atom. The highest BCUT2D eigenvalue weighted by atomic mass is 16.9. The molecule has 2 aliphatic heterocycles. The van der Waals surface area contributed by atoms with Crippen LogP contribution in [0.25, 0.3) is 0 Å². The predicted molar refractivity (Wildman–Crippen MR) is 162 cm³/mol. The third-order valence-electron chi connectivity index (χ3n) is 7.60. The minimum atomic E-state index is -1.18. The Hall–Kier alpha value is -0.320.